The van der Waals surface area contributed by atoms with Gasteiger partial charge in [0.1, 0.15) is 5.75 Å². The van der Waals surface area contributed by atoms with Crippen LogP contribution in [0.5, 0.6) is 5.75 Å². The van der Waals surface area contributed by atoms with E-state index in [4.69, 9.17) is 4.74 Å². The highest BCUT2D eigenvalue weighted by Gasteiger charge is 2.21. The first-order valence-electron chi connectivity index (χ1n) is 5.86. The molecule has 2 N–H and O–H groups in total. The van der Waals surface area contributed by atoms with Crippen molar-refractivity contribution in [3.63, 3.8) is 0 Å². The van der Waals surface area contributed by atoms with E-state index in [-0.39, 0.29) is 0 Å². The summed E-state index contributed by atoms with van der Waals surface area (Å²) in [7, 11) is -1.90. The zero-order valence-electron chi connectivity index (χ0n) is 10.9. The van der Waals surface area contributed by atoms with Gasteiger partial charge in [0.2, 0.25) is 10.0 Å². The van der Waals surface area contributed by atoms with Crippen molar-refractivity contribution in [1.82, 2.24) is 5.32 Å². The molecule has 0 aromatic heterocycles. The molecule has 18 heavy (non-hydrogen) atoms. The number of benzene rings is 1. The first kappa shape index (κ1) is 14.8. The second kappa shape index (κ2) is 6.61. The third-order valence-electron chi connectivity index (χ3n) is 2.57. The molecule has 0 aliphatic heterocycles. The summed E-state index contributed by atoms with van der Waals surface area (Å²) in [6.07, 6.45) is 0. The molecule has 0 radical (unpaired) electrons. The van der Waals surface area contributed by atoms with E-state index in [1.54, 1.807) is 31.2 Å². The van der Waals surface area contributed by atoms with Crippen LogP contribution in [0.3, 0.4) is 0 Å². The summed E-state index contributed by atoms with van der Waals surface area (Å²) in [5.74, 6) is 0.511. The monoisotopic (exact) mass is 272 g/mol. The number of hydrogen-bond donors (Lipinski definition) is 2. The zero-order chi connectivity index (χ0) is 13.6. The summed E-state index contributed by atoms with van der Waals surface area (Å²) >= 11 is 0. The lowest BCUT2D eigenvalue weighted by Gasteiger charge is -2.16. The van der Waals surface area contributed by atoms with Crippen LogP contribution in [0.4, 0.5) is 5.69 Å². The first-order valence-corrected chi connectivity index (χ1v) is 7.41. The number of para-hydroxylation sites is 2. The van der Waals surface area contributed by atoms with Crippen molar-refractivity contribution >= 4 is 15.7 Å². The van der Waals surface area contributed by atoms with Gasteiger partial charge in [0, 0.05) is 6.54 Å². The van der Waals surface area contributed by atoms with Crippen LogP contribution in [0, 0.1) is 0 Å². The third-order valence-corrected chi connectivity index (χ3v) is 4.30. The molecule has 0 saturated carbocycles. The predicted molar refractivity (Wildman–Crippen MR) is 73.5 cm³/mol. The summed E-state index contributed by atoms with van der Waals surface area (Å²) in [4.78, 5) is 0. The Morgan fingerprint density at radius 1 is 1.33 bits per heavy atom. The maximum absolute atomic E-state index is 12.1. The maximum atomic E-state index is 12.1. The summed E-state index contributed by atoms with van der Waals surface area (Å²) in [5, 5.41) is 2.51. The summed E-state index contributed by atoms with van der Waals surface area (Å²) in [6.45, 7) is 4.77. The van der Waals surface area contributed by atoms with Gasteiger partial charge >= 0.3 is 0 Å². The molecule has 1 rings (SSSR count). The quantitative estimate of drug-likeness (QED) is 0.788. The predicted octanol–water partition coefficient (Wildman–Crippen LogP) is 1.43. The van der Waals surface area contributed by atoms with Crippen LogP contribution in [-0.4, -0.2) is 33.9 Å². The van der Waals surface area contributed by atoms with E-state index in [0.717, 1.165) is 6.54 Å². The van der Waals surface area contributed by atoms with Crippen molar-refractivity contribution in [2.75, 3.05) is 24.9 Å². The van der Waals surface area contributed by atoms with E-state index >= 15 is 0 Å². The van der Waals surface area contributed by atoms with Crippen molar-refractivity contribution in [2.24, 2.45) is 0 Å². The minimum absolute atomic E-state index is 0.418. The summed E-state index contributed by atoms with van der Waals surface area (Å²) < 4.78 is 31.8. The molecule has 0 spiro atoms. The second-order valence-corrected chi connectivity index (χ2v) is 6.06. The number of rotatable bonds is 7. The molecule has 0 heterocycles. The van der Waals surface area contributed by atoms with E-state index in [2.05, 4.69) is 10.0 Å². The lowest BCUT2D eigenvalue weighted by atomic mass is 10.3. The van der Waals surface area contributed by atoms with Gasteiger partial charge in [-0.3, -0.25) is 4.72 Å². The van der Waals surface area contributed by atoms with E-state index in [9.17, 15) is 8.42 Å². The number of sulfonamides is 1. The third kappa shape index (κ3) is 3.89. The average molecular weight is 272 g/mol. The van der Waals surface area contributed by atoms with Gasteiger partial charge in [-0.25, -0.2) is 8.42 Å². The molecule has 1 aromatic rings. The molecular weight excluding hydrogens is 252 g/mol. The van der Waals surface area contributed by atoms with Crippen LogP contribution in [0.2, 0.25) is 0 Å². The molecule has 0 saturated heterocycles. The Labute approximate surface area is 109 Å². The normalized spacial score (nSPS) is 13.1. The van der Waals surface area contributed by atoms with Gasteiger partial charge in [0.25, 0.3) is 0 Å². The molecule has 5 nitrogen and oxygen atoms in total. The van der Waals surface area contributed by atoms with Crippen LogP contribution in [0.1, 0.15) is 13.8 Å². The highest BCUT2D eigenvalue weighted by molar-refractivity contribution is 7.93. The van der Waals surface area contributed by atoms with Gasteiger partial charge in [-0.2, -0.15) is 0 Å². The summed E-state index contributed by atoms with van der Waals surface area (Å²) in [6, 6.07) is 6.94. The van der Waals surface area contributed by atoms with Crippen LogP contribution in [0.15, 0.2) is 24.3 Å². The molecular formula is C12H20N2O3S. The van der Waals surface area contributed by atoms with E-state index in [0.29, 0.717) is 18.0 Å². The smallest absolute Gasteiger partial charge is 0.236 e. The fourth-order valence-electron chi connectivity index (χ4n) is 1.44. The highest BCUT2D eigenvalue weighted by atomic mass is 32.2. The average Bonchev–Trinajstić information content (AvgIpc) is 2.36. The molecule has 1 atom stereocenters. The minimum Gasteiger partial charge on any atom is -0.495 e. The standard InChI is InChI=1S/C12H20N2O3S/c1-4-13-9-10(2)18(15,16)14-11-7-5-6-8-12(11)17-3/h5-8,10,13-14H,4,9H2,1-3H3. The van der Waals surface area contributed by atoms with Crippen molar-refractivity contribution in [3.05, 3.63) is 24.3 Å². The number of hydrogen-bond acceptors (Lipinski definition) is 4. The molecule has 1 unspecified atom stereocenters. The number of ether oxygens (including phenoxy) is 1. The van der Waals surface area contributed by atoms with Crippen LogP contribution in [0.25, 0.3) is 0 Å². The van der Waals surface area contributed by atoms with E-state index < -0.39 is 15.3 Å². The molecule has 0 fully saturated rings. The van der Waals surface area contributed by atoms with Crippen molar-refractivity contribution in [2.45, 2.75) is 19.1 Å². The largest absolute Gasteiger partial charge is 0.495 e. The number of nitrogens with one attached hydrogen (secondary N) is 2. The molecule has 0 bridgehead atoms. The van der Waals surface area contributed by atoms with Gasteiger partial charge in [0.15, 0.2) is 0 Å². The Kier molecular flexibility index (Phi) is 5.43. The van der Waals surface area contributed by atoms with Gasteiger partial charge in [-0.05, 0) is 25.6 Å². The lowest BCUT2D eigenvalue weighted by Crippen LogP contribution is -2.34. The van der Waals surface area contributed by atoms with Crippen LogP contribution < -0.4 is 14.8 Å². The molecule has 6 heteroatoms. The number of methoxy groups -OCH3 is 1. The Morgan fingerprint density at radius 2 is 2.00 bits per heavy atom. The molecule has 0 amide bonds. The topological polar surface area (TPSA) is 67.4 Å². The molecule has 0 aliphatic carbocycles. The minimum atomic E-state index is -3.41. The fraction of sp³-hybridized carbons (Fsp3) is 0.500. The van der Waals surface area contributed by atoms with Crippen molar-refractivity contribution in [3.8, 4) is 5.75 Å². The van der Waals surface area contributed by atoms with Crippen molar-refractivity contribution in [1.29, 1.82) is 0 Å². The lowest BCUT2D eigenvalue weighted by molar-refractivity contribution is 0.417. The van der Waals surface area contributed by atoms with E-state index in [1.807, 2.05) is 6.92 Å². The molecule has 0 aliphatic rings. The van der Waals surface area contributed by atoms with Gasteiger partial charge in [-0.15, -0.1) is 0 Å². The molecule has 102 valence electrons. The zero-order valence-corrected chi connectivity index (χ0v) is 11.8. The second-order valence-electron chi connectivity index (χ2n) is 3.97. The molecule has 1 aromatic carbocycles. The number of anilines is 1. The van der Waals surface area contributed by atoms with Crippen LogP contribution in [-0.2, 0) is 10.0 Å². The Morgan fingerprint density at radius 3 is 2.61 bits per heavy atom. The SMILES string of the molecule is CCNCC(C)S(=O)(=O)Nc1ccccc1OC. The van der Waals surface area contributed by atoms with Gasteiger partial charge in [-0.1, -0.05) is 19.1 Å². The highest BCUT2D eigenvalue weighted by Crippen LogP contribution is 2.24. The Hall–Kier alpha value is -1.27. The van der Waals surface area contributed by atoms with Gasteiger partial charge < -0.3 is 10.1 Å². The Balaban J connectivity index is 2.82. The van der Waals surface area contributed by atoms with Gasteiger partial charge in [0.05, 0.1) is 18.0 Å². The maximum Gasteiger partial charge on any atom is 0.236 e. The fourth-order valence-corrected chi connectivity index (χ4v) is 2.45. The van der Waals surface area contributed by atoms with Crippen molar-refractivity contribution < 1.29 is 13.2 Å². The van der Waals surface area contributed by atoms with E-state index in [1.165, 1.54) is 7.11 Å². The summed E-state index contributed by atoms with van der Waals surface area (Å²) in [5.41, 5.74) is 0.461. The first-order chi connectivity index (χ1) is 8.51. The van der Waals surface area contributed by atoms with Crippen LogP contribution >= 0.6 is 0 Å². The Bertz CT molecular complexity index is 474.